The molecule has 1 saturated heterocycles. The quantitative estimate of drug-likeness (QED) is 0.708. The molecule has 4 unspecified atom stereocenters. The summed E-state index contributed by atoms with van der Waals surface area (Å²) < 4.78 is 0. The lowest BCUT2D eigenvalue weighted by Crippen LogP contribution is -2.54. The molecule has 1 rings (SSSR count). The van der Waals surface area contributed by atoms with Crippen molar-refractivity contribution in [3.8, 4) is 0 Å². The molecule has 1 aliphatic heterocycles. The van der Waals surface area contributed by atoms with Gasteiger partial charge in [0.15, 0.2) is 0 Å². The Balaban J connectivity index is 2.93. The minimum atomic E-state index is 0.808. The highest BCUT2D eigenvalue weighted by atomic mass is 15.2. The number of rotatable bonds is 4. The van der Waals surface area contributed by atoms with E-state index in [0.29, 0.717) is 0 Å². The summed E-state index contributed by atoms with van der Waals surface area (Å²) >= 11 is 0. The van der Waals surface area contributed by atoms with E-state index in [1.807, 2.05) is 0 Å². The number of piperidine rings is 1. The van der Waals surface area contributed by atoms with Crippen LogP contribution in [0.1, 0.15) is 54.9 Å². The fourth-order valence-corrected chi connectivity index (χ4v) is 4.26. The smallest absolute Gasteiger partial charge is 0.0121 e. The molecule has 0 amide bonds. The average molecular weight is 239 g/mol. The molecule has 4 atom stereocenters. The molecule has 0 aromatic heterocycles. The van der Waals surface area contributed by atoms with Crippen LogP contribution in [0.5, 0.6) is 0 Å². The van der Waals surface area contributed by atoms with E-state index in [4.69, 9.17) is 0 Å². The van der Waals surface area contributed by atoms with E-state index in [2.05, 4.69) is 53.4 Å². The lowest BCUT2D eigenvalue weighted by atomic mass is 9.65. The van der Waals surface area contributed by atoms with Gasteiger partial charge in [-0.25, -0.2) is 0 Å². The van der Waals surface area contributed by atoms with Crippen molar-refractivity contribution in [1.82, 2.24) is 4.90 Å². The van der Waals surface area contributed by atoms with Crippen LogP contribution in [0.25, 0.3) is 0 Å². The van der Waals surface area contributed by atoms with E-state index in [1.54, 1.807) is 0 Å². The number of hydrogen-bond donors (Lipinski definition) is 0. The van der Waals surface area contributed by atoms with Crippen molar-refractivity contribution in [2.45, 2.75) is 60.9 Å². The van der Waals surface area contributed by atoms with E-state index in [-0.39, 0.29) is 0 Å². The van der Waals surface area contributed by atoms with E-state index in [9.17, 15) is 0 Å². The predicted octanol–water partition coefficient (Wildman–Crippen LogP) is 4.28. The highest BCUT2D eigenvalue weighted by Crippen LogP contribution is 2.41. The van der Waals surface area contributed by atoms with Gasteiger partial charge in [0, 0.05) is 12.6 Å². The van der Waals surface area contributed by atoms with Crippen molar-refractivity contribution in [2.24, 2.45) is 29.6 Å². The van der Waals surface area contributed by atoms with Crippen LogP contribution in [-0.4, -0.2) is 24.0 Å². The number of hydrogen-bond acceptors (Lipinski definition) is 1. The molecule has 0 aromatic carbocycles. The molecule has 0 aliphatic carbocycles. The van der Waals surface area contributed by atoms with E-state index in [1.165, 1.54) is 19.5 Å². The molecule has 17 heavy (non-hydrogen) atoms. The Morgan fingerprint density at radius 2 is 1.65 bits per heavy atom. The van der Waals surface area contributed by atoms with Crippen LogP contribution in [0.4, 0.5) is 0 Å². The molecule has 102 valence electrons. The summed E-state index contributed by atoms with van der Waals surface area (Å²) in [6, 6.07) is 0.808. The SMILES string of the molecule is CCC1C(C)C(C(C)C)C(C(C)C)CN1CC. The first kappa shape index (κ1) is 15.0. The molecule has 1 aliphatic rings. The highest BCUT2D eigenvalue weighted by molar-refractivity contribution is 4.93. The number of nitrogens with zero attached hydrogens (tertiary/aromatic N) is 1. The molecular formula is C16H33N. The maximum Gasteiger partial charge on any atom is 0.0121 e. The topological polar surface area (TPSA) is 3.24 Å². The normalized spacial score (nSPS) is 35.8. The van der Waals surface area contributed by atoms with Crippen LogP contribution in [0.15, 0.2) is 0 Å². The van der Waals surface area contributed by atoms with E-state index in [0.717, 1.165) is 35.6 Å². The Labute approximate surface area is 109 Å². The van der Waals surface area contributed by atoms with Crippen molar-refractivity contribution < 1.29 is 0 Å². The van der Waals surface area contributed by atoms with Crippen molar-refractivity contribution in [3.05, 3.63) is 0 Å². The average Bonchev–Trinajstić information content (AvgIpc) is 2.26. The first-order chi connectivity index (χ1) is 7.93. The zero-order valence-electron chi connectivity index (χ0n) is 13.0. The molecule has 0 N–H and O–H groups in total. The minimum absolute atomic E-state index is 0.808. The molecule has 1 nitrogen and oxygen atoms in total. The van der Waals surface area contributed by atoms with Crippen LogP contribution in [0, 0.1) is 29.6 Å². The molecule has 1 fully saturated rings. The third-order valence-corrected chi connectivity index (χ3v) is 5.07. The van der Waals surface area contributed by atoms with Crippen LogP contribution < -0.4 is 0 Å². The minimum Gasteiger partial charge on any atom is -0.300 e. The zero-order chi connectivity index (χ0) is 13.2. The van der Waals surface area contributed by atoms with Gasteiger partial charge in [-0.05, 0) is 42.6 Å². The molecule has 0 radical (unpaired) electrons. The Morgan fingerprint density at radius 1 is 1.06 bits per heavy atom. The predicted molar refractivity (Wildman–Crippen MR) is 77.1 cm³/mol. The van der Waals surface area contributed by atoms with Crippen LogP contribution in [0.2, 0.25) is 0 Å². The lowest BCUT2D eigenvalue weighted by molar-refractivity contribution is -0.0251. The van der Waals surface area contributed by atoms with Crippen LogP contribution in [0.3, 0.4) is 0 Å². The van der Waals surface area contributed by atoms with Crippen molar-refractivity contribution in [1.29, 1.82) is 0 Å². The second kappa shape index (κ2) is 6.22. The second-order valence-electron chi connectivity index (χ2n) is 6.65. The molecular weight excluding hydrogens is 206 g/mol. The maximum atomic E-state index is 2.73. The van der Waals surface area contributed by atoms with Gasteiger partial charge in [0.1, 0.15) is 0 Å². The van der Waals surface area contributed by atoms with Crippen molar-refractivity contribution in [2.75, 3.05) is 13.1 Å². The van der Waals surface area contributed by atoms with Gasteiger partial charge in [-0.2, -0.15) is 0 Å². The standard InChI is InChI=1S/C16H33N/c1-8-15-13(7)16(12(5)6)14(11(3)4)10-17(15)9-2/h11-16H,8-10H2,1-7H3. The Bertz CT molecular complexity index is 222. The Morgan fingerprint density at radius 3 is 2.00 bits per heavy atom. The van der Waals surface area contributed by atoms with Gasteiger partial charge in [0.25, 0.3) is 0 Å². The zero-order valence-corrected chi connectivity index (χ0v) is 13.0. The van der Waals surface area contributed by atoms with Gasteiger partial charge in [-0.3, -0.25) is 0 Å². The molecule has 0 saturated carbocycles. The summed E-state index contributed by atoms with van der Waals surface area (Å²) in [5, 5.41) is 0. The Kier molecular flexibility index (Phi) is 5.50. The van der Waals surface area contributed by atoms with Gasteiger partial charge in [-0.1, -0.05) is 48.5 Å². The largest absolute Gasteiger partial charge is 0.300 e. The van der Waals surface area contributed by atoms with E-state index >= 15 is 0 Å². The third kappa shape index (κ3) is 3.05. The first-order valence-corrected chi connectivity index (χ1v) is 7.67. The van der Waals surface area contributed by atoms with Crippen LogP contribution in [-0.2, 0) is 0 Å². The molecule has 1 heteroatoms. The van der Waals surface area contributed by atoms with Gasteiger partial charge in [0.2, 0.25) is 0 Å². The monoisotopic (exact) mass is 239 g/mol. The molecule has 0 spiro atoms. The van der Waals surface area contributed by atoms with Gasteiger partial charge in [-0.15, -0.1) is 0 Å². The summed E-state index contributed by atoms with van der Waals surface area (Å²) in [4.78, 5) is 2.73. The fraction of sp³-hybridized carbons (Fsp3) is 1.00. The second-order valence-corrected chi connectivity index (χ2v) is 6.65. The molecule has 0 aromatic rings. The van der Waals surface area contributed by atoms with Crippen LogP contribution >= 0.6 is 0 Å². The summed E-state index contributed by atoms with van der Waals surface area (Å²) in [5.41, 5.74) is 0. The van der Waals surface area contributed by atoms with Crippen molar-refractivity contribution >= 4 is 0 Å². The third-order valence-electron chi connectivity index (χ3n) is 5.07. The maximum absolute atomic E-state index is 2.73. The molecule has 0 bridgehead atoms. The fourth-order valence-electron chi connectivity index (χ4n) is 4.26. The molecule has 1 heterocycles. The highest BCUT2D eigenvalue weighted by Gasteiger charge is 2.41. The van der Waals surface area contributed by atoms with Gasteiger partial charge >= 0.3 is 0 Å². The van der Waals surface area contributed by atoms with E-state index < -0.39 is 0 Å². The first-order valence-electron chi connectivity index (χ1n) is 7.67. The summed E-state index contributed by atoms with van der Waals surface area (Å²) in [6.07, 6.45) is 1.31. The summed E-state index contributed by atoms with van der Waals surface area (Å²) in [7, 11) is 0. The summed E-state index contributed by atoms with van der Waals surface area (Å²) in [6.45, 7) is 19.4. The number of likely N-dealkylation sites (tertiary alicyclic amines) is 1. The van der Waals surface area contributed by atoms with Crippen molar-refractivity contribution in [3.63, 3.8) is 0 Å². The lowest BCUT2D eigenvalue weighted by Gasteiger charge is -2.51. The van der Waals surface area contributed by atoms with Gasteiger partial charge < -0.3 is 4.90 Å². The summed E-state index contributed by atoms with van der Waals surface area (Å²) in [5.74, 6) is 4.28. The van der Waals surface area contributed by atoms with Gasteiger partial charge in [0.05, 0.1) is 0 Å². The Hall–Kier alpha value is -0.0400.